The molecule has 0 saturated heterocycles. The topological polar surface area (TPSA) is 67.8 Å². The van der Waals surface area contributed by atoms with Crippen molar-refractivity contribution in [3.63, 3.8) is 0 Å². The van der Waals surface area contributed by atoms with E-state index in [4.69, 9.17) is 11.6 Å². The molecule has 0 fully saturated rings. The molecule has 17 heavy (non-hydrogen) atoms. The van der Waals surface area contributed by atoms with Crippen LogP contribution in [0.5, 0.6) is 0 Å². The van der Waals surface area contributed by atoms with Gasteiger partial charge in [0, 0.05) is 17.1 Å². The van der Waals surface area contributed by atoms with Crippen LogP contribution in [0.15, 0.2) is 21.0 Å². The fraction of sp³-hybridized carbons (Fsp3) is 0.300. The molecule has 0 aromatic carbocycles. The van der Waals surface area contributed by atoms with Crippen LogP contribution in [-0.4, -0.2) is 14.5 Å². The van der Waals surface area contributed by atoms with Crippen molar-refractivity contribution in [2.75, 3.05) is 0 Å². The van der Waals surface area contributed by atoms with Gasteiger partial charge >= 0.3 is 5.69 Å². The summed E-state index contributed by atoms with van der Waals surface area (Å²) in [5.74, 6) is 0. The van der Waals surface area contributed by atoms with Crippen molar-refractivity contribution in [3.05, 3.63) is 48.1 Å². The first-order chi connectivity index (χ1) is 7.99. The number of aromatic nitrogens is 3. The van der Waals surface area contributed by atoms with E-state index in [1.165, 1.54) is 17.4 Å². The third-order valence-corrected chi connectivity index (χ3v) is 3.65. The molecular weight excluding hydrogens is 262 g/mol. The summed E-state index contributed by atoms with van der Waals surface area (Å²) < 4.78 is 1.10. The second-order valence-corrected chi connectivity index (χ2v) is 4.93. The molecule has 0 radical (unpaired) electrons. The van der Waals surface area contributed by atoms with Crippen LogP contribution < -0.4 is 11.2 Å². The molecule has 0 bridgehead atoms. The Labute approximate surface area is 106 Å². The minimum absolute atomic E-state index is 0.0405. The lowest BCUT2D eigenvalue weighted by Gasteiger charge is -2.10. The fourth-order valence-corrected chi connectivity index (χ4v) is 2.53. The van der Waals surface area contributed by atoms with E-state index >= 15 is 0 Å². The van der Waals surface area contributed by atoms with Crippen LogP contribution in [0, 0.1) is 6.92 Å². The zero-order valence-electron chi connectivity index (χ0n) is 9.23. The first-order valence-electron chi connectivity index (χ1n) is 4.92. The molecule has 2 aromatic rings. The average molecular weight is 272 g/mol. The Morgan fingerprint density at radius 1 is 1.53 bits per heavy atom. The smallest absolute Gasteiger partial charge is 0.298 e. The summed E-state index contributed by atoms with van der Waals surface area (Å²) in [6.45, 7) is 3.62. The normalized spacial score (nSPS) is 12.6. The monoisotopic (exact) mass is 271 g/mol. The van der Waals surface area contributed by atoms with Crippen LogP contribution in [0.25, 0.3) is 0 Å². The van der Waals surface area contributed by atoms with Crippen molar-refractivity contribution < 1.29 is 0 Å². The van der Waals surface area contributed by atoms with Gasteiger partial charge in [0.2, 0.25) is 0 Å². The number of hydrogen-bond donors (Lipinski definition) is 1. The van der Waals surface area contributed by atoms with Gasteiger partial charge in [-0.15, -0.1) is 11.3 Å². The highest BCUT2D eigenvalue weighted by Crippen LogP contribution is 2.19. The zero-order valence-corrected chi connectivity index (χ0v) is 10.8. The van der Waals surface area contributed by atoms with Gasteiger partial charge in [-0.2, -0.15) is 0 Å². The molecule has 0 aliphatic rings. The Morgan fingerprint density at radius 2 is 2.24 bits per heavy atom. The van der Waals surface area contributed by atoms with Crippen LogP contribution in [-0.2, 0) is 0 Å². The lowest BCUT2D eigenvalue weighted by Crippen LogP contribution is -2.37. The number of rotatable bonds is 2. The third-order valence-electron chi connectivity index (χ3n) is 2.31. The van der Waals surface area contributed by atoms with Gasteiger partial charge in [0.05, 0.1) is 6.04 Å². The molecule has 1 atom stereocenters. The van der Waals surface area contributed by atoms with Crippen molar-refractivity contribution in [1.29, 1.82) is 0 Å². The standard InChI is InChI=1S/C10H10ClN3O2S/c1-5-4-17-9(12-5)6(2)14-8(15)3-7(11)13-10(14)16/h3-4,6H,1-2H3,(H,13,16). The predicted molar refractivity (Wildman–Crippen MR) is 67.0 cm³/mol. The predicted octanol–water partition coefficient (Wildman–Crippen LogP) is 1.56. The molecule has 0 spiro atoms. The van der Waals surface area contributed by atoms with Gasteiger partial charge in [-0.3, -0.25) is 14.3 Å². The molecule has 2 rings (SSSR count). The first kappa shape index (κ1) is 12.1. The van der Waals surface area contributed by atoms with Gasteiger partial charge in [-0.25, -0.2) is 9.78 Å². The molecule has 0 amide bonds. The minimum atomic E-state index is -0.525. The molecule has 7 heteroatoms. The Balaban J connectivity index is 2.55. The summed E-state index contributed by atoms with van der Waals surface area (Å²) >= 11 is 7.01. The highest BCUT2D eigenvalue weighted by molar-refractivity contribution is 7.09. The van der Waals surface area contributed by atoms with E-state index in [0.717, 1.165) is 15.3 Å². The Morgan fingerprint density at radius 3 is 2.76 bits per heavy atom. The summed E-state index contributed by atoms with van der Waals surface area (Å²) in [5.41, 5.74) is -0.0859. The molecule has 0 saturated carbocycles. The molecule has 90 valence electrons. The maximum Gasteiger partial charge on any atom is 0.330 e. The van der Waals surface area contributed by atoms with Crippen LogP contribution >= 0.6 is 22.9 Å². The molecule has 0 aliphatic heterocycles. The van der Waals surface area contributed by atoms with E-state index in [1.54, 1.807) is 6.92 Å². The highest BCUT2D eigenvalue weighted by atomic mass is 35.5. The van der Waals surface area contributed by atoms with Crippen LogP contribution in [0.1, 0.15) is 23.7 Å². The van der Waals surface area contributed by atoms with Crippen molar-refractivity contribution in [2.24, 2.45) is 0 Å². The molecule has 0 aliphatic carbocycles. The summed E-state index contributed by atoms with van der Waals surface area (Å²) in [7, 11) is 0. The molecule has 2 heterocycles. The molecule has 1 unspecified atom stereocenters. The number of nitrogens with zero attached hydrogens (tertiary/aromatic N) is 2. The minimum Gasteiger partial charge on any atom is -0.298 e. The second kappa shape index (κ2) is 4.46. The van der Waals surface area contributed by atoms with Crippen molar-refractivity contribution >= 4 is 22.9 Å². The average Bonchev–Trinajstić information content (AvgIpc) is 2.63. The maximum absolute atomic E-state index is 11.7. The van der Waals surface area contributed by atoms with Gasteiger partial charge in [-0.1, -0.05) is 11.6 Å². The quantitative estimate of drug-likeness (QED) is 0.843. The van der Waals surface area contributed by atoms with Crippen molar-refractivity contribution in [2.45, 2.75) is 19.9 Å². The summed E-state index contributed by atoms with van der Waals surface area (Å²) in [6.07, 6.45) is 0. The van der Waals surface area contributed by atoms with Crippen LogP contribution in [0.2, 0.25) is 5.15 Å². The molecule has 1 N–H and O–H groups in total. The largest absolute Gasteiger partial charge is 0.330 e. The van der Waals surface area contributed by atoms with Gasteiger partial charge in [-0.05, 0) is 13.8 Å². The SMILES string of the molecule is Cc1csc(C(C)n2c(=O)cc(Cl)[nH]c2=O)n1. The number of nitrogens with one attached hydrogen (secondary N) is 1. The Hall–Kier alpha value is -1.40. The molecule has 5 nitrogen and oxygen atoms in total. The summed E-state index contributed by atoms with van der Waals surface area (Å²) in [4.78, 5) is 30.1. The molecular formula is C10H10ClN3O2S. The number of thiazole rings is 1. The Bertz CT molecular complexity index is 627. The van der Waals surface area contributed by atoms with E-state index in [-0.39, 0.29) is 5.15 Å². The summed E-state index contributed by atoms with van der Waals surface area (Å²) in [6, 6.07) is 0.780. The van der Waals surface area contributed by atoms with Crippen LogP contribution in [0.3, 0.4) is 0 Å². The van der Waals surface area contributed by atoms with Gasteiger partial charge in [0.15, 0.2) is 0 Å². The van der Waals surface area contributed by atoms with E-state index in [9.17, 15) is 9.59 Å². The number of H-pyrrole nitrogens is 1. The van der Waals surface area contributed by atoms with Crippen LogP contribution in [0.4, 0.5) is 0 Å². The van der Waals surface area contributed by atoms with E-state index < -0.39 is 17.3 Å². The number of aryl methyl sites for hydroxylation is 1. The maximum atomic E-state index is 11.7. The second-order valence-electron chi connectivity index (χ2n) is 3.63. The van der Waals surface area contributed by atoms with Crippen molar-refractivity contribution in [1.82, 2.24) is 14.5 Å². The molecule has 2 aromatic heterocycles. The van der Waals surface area contributed by atoms with Crippen molar-refractivity contribution in [3.8, 4) is 0 Å². The lowest BCUT2D eigenvalue weighted by molar-refractivity contribution is 0.574. The first-order valence-corrected chi connectivity index (χ1v) is 6.18. The number of aromatic amines is 1. The van der Waals surface area contributed by atoms with E-state index in [0.29, 0.717) is 0 Å². The number of hydrogen-bond acceptors (Lipinski definition) is 4. The fourth-order valence-electron chi connectivity index (χ4n) is 1.52. The van der Waals surface area contributed by atoms with Gasteiger partial charge in [0.25, 0.3) is 5.56 Å². The van der Waals surface area contributed by atoms with E-state index in [1.807, 2.05) is 12.3 Å². The van der Waals surface area contributed by atoms with E-state index in [2.05, 4.69) is 9.97 Å². The zero-order chi connectivity index (χ0) is 12.6. The lowest BCUT2D eigenvalue weighted by atomic mass is 10.3. The highest BCUT2D eigenvalue weighted by Gasteiger charge is 2.16. The van der Waals surface area contributed by atoms with Gasteiger partial charge in [0.1, 0.15) is 10.2 Å². The van der Waals surface area contributed by atoms with Gasteiger partial charge < -0.3 is 0 Å². The summed E-state index contributed by atoms with van der Waals surface area (Å²) in [5, 5.41) is 2.64. The number of halogens is 1. The third kappa shape index (κ3) is 2.32. The Kier molecular flexibility index (Phi) is 3.17.